The maximum Gasteiger partial charge on any atom is 0.338 e. The zero-order valence-corrected chi connectivity index (χ0v) is 12.9. The molecule has 5 nitrogen and oxygen atoms in total. The Bertz CT molecular complexity index is 703. The molecule has 0 aliphatic heterocycles. The van der Waals surface area contributed by atoms with Gasteiger partial charge >= 0.3 is 5.97 Å². The quantitative estimate of drug-likeness (QED) is 0.887. The van der Waals surface area contributed by atoms with Gasteiger partial charge in [-0.05, 0) is 31.2 Å². The molecule has 1 aliphatic rings. The molecule has 1 heterocycles. The Morgan fingerprint density at radius 1 is 1.30 bits per heavy atom. The number of hydrogen-bond acceptors (Lipinski definition) is 3. The third kappa shape index (κ3) is 3.44. The first-order valence-electron chi connectivity index (χ1n) is 7.73. The van der Waals surface area contributed by atoms with Crippen molar-refractivity contribution in [2.24, 2.45) is 5.92 Å². The summed E-state index contributed by atoms with van der Waals surface area (Å²) in [6, 6.07) is 11.2. The van der Waals surface area contributed by atoms with Crippen molar-refractivity contribution in [3.63, 3.8) is 0 Å². The largest absolute Gasteiger partial charge is 0.478 e. The highest BCUT2D eigenvalue weighted by molar-refractivity contribution is 5.95. The van der Waals surface area contributed by atoms with Gasteiger partial charge in [0.2, 0.25) is 0 Å². The minimum absolute atomic E-state index is 0.00733. The molecule has 1 aliphatic carbocycles. The van der Waals surface area contributed by atoms with E-state index < -0.39 is 5.97 Å². The summed E-state index contributed by atoms with van der Waals surface area (Å²) in [6.07, 6.45) is 3.36. The summed E-state index contributed by atoms with van der Waals surface area (Å²) < 4.78 is 5.18. The minimum atomic E-state index is -1.10. The van der Waals surface area contributed by atoms with Crippen LogP contribution < -0.4 is 0 Å². The number of hydrogen-bond donors (Lipinski definition) is 1. The van der Waals surface area contributed by atoms with E-state index in [1.165, 1.54) is 6.07 Å². The lowest BCUT2D eigenvalue weighted by Crippen LogP contribution is -2.39. The van der Waals surface area contributed by atoms with Gasteiger partial charge < -0.3 is 14.4 Å². The number of furan rings is 1. The molecule has 5 heteroatoms. The summed E-state index contributed by atoms with van der Waals surface area (Å²) in [5, 5.41) is 8.98. The summed E-state index contributed by atoms with van der Waals surface area (Å²) in [6.45, 7) is 2.53. The summed E-state index contributed by atoms with van der Waals surface area (Å²) in [5.74, 6) is -0.777. The maximum atomic E-state index is 12.8. The first-order chi connectivity index (χ1) is 11.1. The topological polar surface area (TPSA) is 70.8 Å². The Morgan fingerprint density at radius 3 is 2.57 bits per heavy atom. The van der Waals surface area contributed by atoms with Crippen LogP contribution in [0.25, 0.3) is 0 Å². The minimum Gasteiger partial charge on any atom is -0.478 e. The van der Waals surface area contributed by atoms with Crippen LogP contribution in [-0.4, -0.2) is 27.9 Å². The van der Waals surface area contributed by atoms with E-state index in [0.717, 1.165) is 24.7 Å². The molecule has 1 N–H and O–H groups in total. The van der Waals surface area contributed by atoms with Crippen LogP contribution in [0.15, 0.2) is 47.1 Å². The molecule has 1 aromatic heterocycles. The second-order valence-corrected chi connectivity index (χ2v) is 6.00. The maximum absolute atomic E-state index is 12.8. The van der Waals surface area contributed by atoms with Gasteiger partial charge in [0, 0.05) is 18.7 Å². The highest BCUT2D eigenvalue weighted by Gasteiger charge is 2.35. The number of rotatable bonds is 6. The van der Waals surface area contributed by atoms with Gasteiger partial charge in [0.25, 0.3) is 5.91 Å². The van der Waals surface area contributed by atoms with E-state index >= 15 is 0 Å². The van der Waals surface area contributed by atoms with Gasteiger partial charge in [-0.3, -0.25) is 4.79 Å². The van der Waals surface area contributed by atoms with Crippen molar-refractivity contribution in [1.29, 1.82) is 0 Å². The lowest BCUT2D eigenvalue weighted by atomic mass is 10.1. The number of carboxylic acids is 1. The van der Waals surface area contributed by atoms with Crippen molar-refractivity contribution in [1.82, 2.24) is 4.90 Å². The predicted octanol–water partition coefficient (Wildman–Crippen LogP) is 3.42. The van der Waals surface area contributed by atoms with Gasteiger partial charge in [-0.2, -0.15) is 0 Å². The molecule has 2 aromatic rings. The third-order valence-corrected chi connectivity index (χ3v) is 4.31. The molecule has 0 saturated heterocycles. The smallest absolute Gasteiger partial charge is 0.338 e. The SMILES string of the molecule is CC(C1CC1)N(Cc1ccccc1)C(=O)c1cc(C(=O)O)co1. The molecule has 0 radical (unpaired) electrons. The van der Waals surface area contributed by atoms with Gasteiger partial charge in [-0.15, -0.1) is 0 Å². The highest BCUT2D eigenvalue weighted by atomic mass is 16.4. The van der Waals surface area contributed by atoms with Gasteiger partial charge in [-0.1, -0.05) is 30.3 Å². The van der Waals surface area contributed by atoms with Crippen LogP contribution in [0.2, 0.25) is 0 Å². The van der Waals surface area contributed by atoms with Gasteiger partial charge in [0.1, 0.15) is 6.26 Å². The molecular formula is C18H19NO4. The van der Waals surface area contributed by atoms with E-state index in [0.29, 0.717) is 12.5 Å². The Morgan fingerprint density at radius 2 is 2.00 bits per heavy atom. The lowest BCUT2D eigenvalue weighted by molar-refractivity contribution is 0.0620. The van der Waals surface area contributed by atoms with Crippen LogP contribution in [-0.2, 0) is 6.54 Å². The molecule has 120 valence electrons. The van der Waals surface area contributed by atoms with E-state index in [1.54, 1.807) is 4.90 Å². The van der Waals surface area contributed by atoms with Crippen molar-refractivity contribution >= 4 is 11.9 Å². The van der Waals surface area contributed by atoms with Crippen LogP contribution in [0.4, 0.5) is 0 Å². The fourth-order valence-electron chi connectivity index (χ4n) is 2.72. The summed E-state index contributed by atoms with van der Waals surface area (Å²) in [7, 11) is 0. The molecule has 0 bridgehead atoms. The molecule has 1 fully saturated rings. The van der Waals surface area contributed by atoms with Crippen LogP contribution in [0.1, 0.15) is 46.2 Å². The number of aromatic carboxylic acids is 1. The second-order valence-electron chi connectivity index (χ2n) is 6.00. The number of carboxylic acid groups (broad SMARTS) is 1. The fraction of sp³-hybridized carbons (Fsp3) is 0.333. The van der Waals surface area contributed by atoms with E-state index in [4.69, 9.17) is 9.52 Å². The Kier molecular flexibility index (Phi) is 4.19. The van der Waals surface area contributed by atoms with Gasteiger partial charge in [-0.25, -0.2) is 4.79 Å². The molecule has 1 amide bonds. The number of amides is 1. The molecule has 23 heavy (non-hydrogen) atoms. The molecular weight excluding hydrogens is 294 g/mol. The number of carbonyl (C=O) groups is 2. The predicted molar refractivity (Wildman–Crippen MR) is 84.2 cm³/mol. The van der Waals surface area contributed by atoms with E-state index in [-0.39, 0.29) is 23.3 Å². The summed E-state index contributed by atoms with van der Waals surface area (Å²) in [4.78, 5) is 25.5. The van der Waals surface area contributed by atoms with Gasteiger partial charge in [0.15, 0.2) is 5.76 Å². The zero-order valence-electron chi connectivity index (χ0n) is 12.9. The average Bonchev–Trinajstić information content (AvgIpc) is 3.28. The van der Waals surface area contributed by atoms with Crippen LogP contribution in [0.3, 0.4) is 0 Å². The van der Waals surface area contributed by atoms with E-state index in [1.807, 2.05) is 37.3 Å². The molecule has 0 spiro atoms. The van der Waals surface area contributed by atoms with Crippen LogP contribution in [0, 0.1) is 5.92 Å². The summed E-state index contributed by atoms with van der Waals surface area (Å²) >= 11 is 0. The van der Waals surface area contributed by atoms with E-state index in [9.17, 15) is 9.59 Å². The molecule has 1 unspecified atom stereocenters. The molecule has 3 rings (SSSR count). The molecule has 1 saturated carbocycles. The fourth-order valence-corrected chi connectivity index (χ4v) is 2.72. The first-order valence-corrected chi connectivity index (χ1v) is 7.73. The Labute approximate surface area is 134 Å². The van der Waals surface area contributed by atoms with Crippen molar-refractivity contribution in [2.75, 3.05) is 0 Å². The Hall–Kier alpha value is -2.56. The van der Waals surface area contributed by atoms with Gasteiger partial charge in [0.05, 0.1) is 5.56 Å². The second kappa shape index (κ2) is 6.28. The van der Waals surface area contributed by atoms with Crippen molar-refractivity contribution < 1.29 is 19.1 Å². The number of nitrogens with zero attached hydrogens (tertiary/aromatic N) is 1. The van der Waals surface area contributed by atoms with E-state index in [2.05, 4.69) is 0 Å². The van der Waals surface area contributed by atoms with Crippen molar-refractivity contribution in [3.05, 3.63) is 59.5 Å². The van der Waals surface area contributed by atoms with Crippen molar-refractivity contribution in [2.45, 2.75) is 32.4 Å². The molecule has 1 atom stereocenters. The van der Waals surface area contributed by atoms with Crippen LogP contribution >= 0.6 is 0 Å². The Balaban J connectivity index is 1.84. The summed E-state index contributed by atoms with van der Waals surface area (Å²) in [5.41, 5.74) is 1.03. The first kappa shape index (κ1) is 15.3. The third-order valence-electron chi connectivity index (χ3n) is 4.31. The highest BCUT2D eigenvalue weighted by Crippen LogP contribution is 2.36. The normalized spacial score (nSPS) is 15.2. The monoisotopic (exact) mass is 313 g/mol. The van der Waals surface area contributed by atoms with Crippen LogP contribution in [0.5, 0.6) is 0 Å². The number of benzene rings is 1. The lowest BCUT2D eigenvalue weighted by Gasteiger charge is -2.28. The molecule has 1 aromatic carbocycles. The number of carbonyl (C=O) groups excluding carboxylic acids is 1. The average molecular weight is 313 g/mol. The van der Waals surface area contributed by atoms with Crippen molar-refractivity contribution in [3.8, 4) is 0 Å². The zero-order chi connectivity index (χ0) is 16.4. The standard InChI is InChI=1S/C18H19NO4/c1-12(14-7-8-14)19(10-13-5-3-2-4-6-13)17(20)16-9-15(11-23-16)18(21)22/h2-6,9,11-12,14H,7-8,10H2,1H3,(H,21,22).